The minimum atomic E-state index is -0.788. The van der Waals surface area contributed by atoms with E-state index < -0.39 is 5.72 Å². The van der Waals surface area contributed by atoms with Crippen molar-refractivity contribution in [1.29, 1.82) is 0 Å². The molecule has 0 saturated carbocycles. The first-order valence-electron chi connectivity index (χ1n) is 9.08. The number of rotatable bonds is 1. The van der Waals surface area contributed by atoms with Crippen molar-refractivity contribution in [3.8, 4) is 5.75 Å². The van der Waals surface area contributed by atoms with Gasteiger partial charge in [0.25, 0.3) is 0 Å². The van der Waals surface area contributed by atoms with E-state index in [0.717, 1.165) is 28.4 Å². The van der Waals surface area contributed by atoms with Crippen molar-refractivity contribution in [2.24, 2.45) is 4.99 Å². The Balaban J connectivity index is 1.77. The van der Waals surface area contributed by atoms with E-state index in [4.69, 9.17) is 9.73 Å². The highest BCUT2D eigenvalue weighted by Gasteiger charge is 2.58. The number of carbonyl (C=O) groups excluding carboxylic acids is 1. The highest BCUT2D eigenvalue weighted by atomic mass is 16.5. The third-order valence-corrected chi connectivity index (χ3v) is 6.09. The number of para-hydroxylation sites is 1. The van der Waals surface area contributed by atoms with Crippen molar-refractivity contribution < 1.29 is 9.53 Å². The van der Waals surface area contributed by atoms with Crippen LogP contribution in [0.25, 0.3) is 10.8 Å². The number of fused-ring (bicyclic) bond motifs is 4. The van der Waals surface area contributed by atoms with Crippen LogP contribution in [0.3, 0.4) is 0 Å². The van der Waals surface area contributed by atoms with Crippen LogP contribution in [0.1, 0.15) is 29.8 Å². The first-order valence-corrected chi connectivity index (χ1v) is 9.08. The Bertz CT molecular complexity index is 1130. The van der Waals surface area contributed by atoms with Gasteiger partial charge in [0.1, 0.15) is 5.69 Å². The Morgan fingerprint density at radius 1 is 1.07 bits per heavy atom. The summed E-state index contributed by atoms with van der Waals surface area (Å²) in [6.07, 6.45) is 2.76. The third-order valence-electron chi connectivity index (χ3n) is 6.09. The molecule has 1 unspecified atom stereocenters. The maximum Gasteiger partial charge on any atom is 0.228 e. The highest BCUT2D eigenvalue weighted by molar-refractivity contribution is 6.04. The fourth-order valence-electron chi connectivity index (χ4n) is 4.52. The molecule has 1 atom stereocenters. The van der Waals surface area contributed by atoms with Gasteiger partial charge in [-0.15, -0.1) is 0 Å². The quantitative estimate of drug-likeness (QED) is 0.584. The number of hydrogen-bond donors (Lipinski definition) is 0. The maximum absolute atomic E-state index is 11.8. The molecule has 0 aromatic heterocycles. The van der Waals surface area contributed by atoms with Gasteiger partial charge in [-0.05, 0) is 36.9 Å². The van der Waals surface area contributed by atoms with Gasteiger partial charge in [-0.1, -0.05) is 42.5 Å². The number of aliphatic imine (C=N–C) groups is 1. The van der Waals surface area contributed by atoms with Crippen molar-refractivity contribution in [3.05, 3.63) is 65.7 Å². The molecule has 0 fully saturated rings. The fraction of sp³-hybridized carbons (Fsp3) is 0.217. The van der Waals surface area contributed by atoms with E-state index >= 15 is 0 Å². The topological polar surface area (TPSA) is 41.9 Å². The van der Waals surface area contributed by atoms with Crippen LogP contribution in [0, 0.1) is 0 Å². The molecule has 0 saturated heterocycles. The molecule has 4 nitrogen and oxygen atoms in total. The SMILES string of the molecule is CN1c2ccccc2C(C)(C)C12C=Nc1c(c(C=O)cc3ccccc13)O2. The monoisotopic (exact) mass is 356 g/mol. The molecule has 3 aromatic carbocycles. The zero-order valence-electron chi connectivity index (χ0n) is 15.6. The standard InChI is InChI=1S/C23H20N2O2/c1-22(2)18-10-6-7-11-19(18)25(3)23(22)14-24-20-17-9-5-4-8-15(17)12-16(13-26)21(20)27-23/h4-14H,1-3H3. The number of aldehydes is 1. The zero-order chi connectivity index (χ0) is 18.8. The Morgan fingerprint density at radius 2 is 1.81 bits per heavy atom. The molecule has 4 heteroatoms. The lowest BCUT2D eigenvalue weighted by atomic mass is 9.77. The van der Waals surface area contributed by atoms with Crippen LogP contribution in [-0.2, 0) is 5.41 Å². The molecule has 27 heavy (non-hydrogen) atoms. The Kier molecular flexibility index (Phi) is 3.09. The summed E-state index contributed by atoms with van der Waals surface area (Å²) in [5, 5.41) is 1.97. The van der Waals surface area contributed by atoms with Crippen LogP contribution in [0.15, 0.2) is 59.6 Å². The average Bonchev–Trinajstić information content (AvgIpc) is 2.86. The molecule has 134 valence electrons. The third kappa shape index (κ3) is 1.87. The van der Waals surface area contributed by atoms with Gasteiger partial charge in [-0.3, -0.25) is 9.79 Å². The number of ether oxygens (including phenoxy) is 1. The smallest absolute Gasteiger partial charge is 0.228 e. The minimum Gasteiger partial charge on any atom is -0.459 e. The van der Waals surface area contributed by atoms with Crippen molar-refractivity contribution in [1.82, 2.24) is 0 Å². The molecule has 2 aliphatic rings. The fourth-order valence-corrected chi connectivity index (χ4v) is 4.52. The van der Waals surface area contributed by atoms with E-state index in [9.17, 15) is 4.79 Å². The molecule has 0 amide bonds. The van der Waals surface area contributed by atoms with Crippen molar-refractivity contribution in [2.75, 3.05) is 11.9 Å². The van der Waals surface area contributed by atoms with Crippen molar-refractivity contribution in [2.45, 2.75) is 25.0 Å². The normalized spacial score (nSPS) is 21.8. The van der Waals surface area contributed by atoms with E-state index in [0.29, 0.717) is 11.3 Å². The Morgan fingerprint density at radius 3 is 2.59 bits per heavy atom. The second-order valence-corrected chi connectivity index (χ2v) is 7.74. The van der Waals surface area contributed by atoms with Crippen LogP contribution in [0.2, 0.25) is 0 Å². The van der Waals surface area contributed by atoms with Crippen LogP contribution >= 0.6 is 0 Å². The molecule has 1 spiro atoms. The maximum atomic E-state index is 11.8. The molecule has 0 bridgehead atoms. The molecule has 3 aromatic rings. The molecule has 5 rings (SSSR count). The minimum absolute atomic E-state index is 0.342. The van der Waals surface area contributed by atoms with E-state index in [1.165, 1.54) is 5.56 Å². The van der Waals surface area contributed by atoms with E-state index in [-0.39, 0.29) is 5.41 Å². The van der Waals surface area contributed by atoms with Crippen molar-refractivity contribution in [3.63, 3.8) is 0 Å². The first-order chi connectivity index (χ1) is 13.0. The number of carbonyl (C=O) groups is 1. The van der Waals surface area contributed by atoms with Crippen LogP contribution < -0.4 is 9.64 Å². The summed E-state index contributed by atoms with van der Waals surface area (Å²) in [7, 11) is 2.02. The lowest BCUT2D eigenvalue weighted by Crippen LogP contribution is -2.61. The van der Waals surface area contributed by atoms with Crippen LogP contribution in [-0.4, -0.2) is 25.3 Å². The number of benzene rings is 3. The first kappa shape index (κ1) is 16.1. The molecule has 2 heterocycles. The van der Waals surface area contributed by atoms with Gasteiger partial charge in [0.05, 0.1) is 17.2 Å². The second kappa shape index (κ2) is 5.19. The zero-order valence-corrected chi connectivity index (χ0v) is 15.6. The lowest BCUT2D eigenvalue weighted by molar-refractivity contribution is 0.0808. The number of hydrogen-bond acceptors (Lipinski definition) is 4. The largest absolute Gasteiger partial charge is 0.459 e. The highest BCUT2D eigenvalue weighted by Crippen LogP contribution is 2.54. The Hall–Kier alpha value is -3.14. The summed E-state index contributed by atoms with van der Waals surface area (Å²) in [4.78, 5) is 18.8. The predicted octanol–water partition coefficient (Wildman–Crippen LogP) is 4.87. The van der Waals surface area contributed by atoms with E-state index in [2.05, 4.69) is 30.9 Å². The van der Waals surface area contributed by atoms with Gasteiger partial charge in [0, 0.05) is 18.1 Å². The Labute approximate surface area is 158 Å². The summed E-state index contributed by atoms with van der Waals surface area (Å²) < 4.78 is 6.67. The van der Waals surface area contributed by atoms with Crippen molar-refractivity contribution >= 4 is 34.6 Å². The molecule has 2 aliphatic heterocycles. The summed E-state index contributed by atoms with van der Waals surface area (Å²) >= 11 is 0. The molecular weight excluding hydrogens is 336 g/mol. The van der Waals surface area contributed by atoms with Gasteiger partial charge in [0.2, 0.25) is 5.72 Å². The average molecular weight is 356 g/mol. The summed E-state index contributed by atoms with van der Waals surface area (Å²) in [6, 6.07) is 18.1. The predicted molar refractivity (Wildman–Crippen MR) is 109 cm³/mol. The lowest BCUT2D eigenvalue weighted by Gasteiger charge is -2.45. The summed E-state index contributed by atoms with van der Waals surface area (Å²) in [5.74, 6) is 0.555. The van der Waals surface area contributed by atoms with Gasteiger partial charge in [-0.25, -0.2) is 0 Å². The van der Waals surface area contributed by atoms with Crippen LogP contribution in [0.4, 0.5) is 11.4 Å². The summed E-state index contributed by atoms with van der Waals surface area (Å²) in [5.41, 5.74) is 2.44. The number of nitrogens with zero attached hydrogens (tertiary/aromatic N) is 2. The molecule has 0 radical (unpaired) electrons. The van der Waals surface area contributed by atoms with Gasteiger partial charge >= 0.3 is 0 Å². The molecule has 0 aliphatic carbocycles. The molecular formula is C23H20N2O2. The number of anilines is 1. The van der Waals surface area contributed by atoms with E-state index in [1.807, 2.05) is 55.7 Å². The van der Waals surface area contributed by atoms with E-state index in [1.54, 1.807) is 0 Å². The van der Waals surface area contributed by atoms with Gasteiger partial charge < -0.3 is 9.64 Å². The molecule has 0 N–H and O–H groups in total. The van der Waals surface area contributed by atoms with Gasteiger partial charge in [-0.2, -0.15) is 0 Å². The van der Waals surface area contributed by atoms with Crippen LogP contribution in [0.5, 0.6) is 5.75 Å². The second-order valence-electron chi connectivity index (χ2n) is 7.74. The number of likely N-dealkylation sites (N-methyl/N-ethyl adjacent to an activating group) is 1. The van der Waals surface area contributed by atoms with Gasteiger partial charge in [0.15, 0.2) is 12.0 Å². The summed E-state index contributed by atoms with van der Waals surface area (Å²) in [6.45, 7) is 4.32.